The molecule has 0 radical (unpaired) electrons. The van der Waals surface area contributed by atoms with Crippen molar-refractivity contribution in [3.05, 3.63) is 17.8 Å². The van der Waals surface area contributed by atoms with Crippen molar-refractivity contribution in [2.45, 2.75) is 32.9 Å². The fourth-order valence-corrected chi connectivity index (χ4v) is 5.11. The number of fused-ring (bicyclic) bond motifs is 1. The van der Waals surface area contributed by atoms with Crippen LogP contribution in [0.15, 0.2) is 12.3 Å². The first-order valence-electron chi connectivity index (χ1n) is 10.2. The number of aromatic nitrogens is 1. The summed E-state index contributed by atoms with van der Waals surface area (Å²) in [7, 11) is -4.13. The Kier molecular flexibility index (Phi) is 6.91. The molecule has 0 unspecified atom stereocenters. The molecule has 0 atom stereocenters. The summed E-state index contributed by atoms with van der Waals surface area (Å²) in [6.45, 7) is 3.05. The van der Waals surface area contributed by atoms with Gasteiger partial charge in [0.1, 0.15) is 12.3 Å². The molecule has 9 nitrogen and oxygen atoms in total. The van der Waals surface area contributed by atoms with Crippen LogP contribution in [0.4, 0.5) is 18.9 Å². The second kappa shape index (κ2) is 9.02. The summed E-state index contributed by atoms with van der Waals surface area (Å²) in [6, 6.07) is 1.34. The summed E-state index contributed by atoms with van der Waals surface area (Å²) >= 11 is 0. The number of hydrogen-bond acceptors (Lipinski definition) is 6. The third kappa shape index (κ3) is 5.26. The molecule has 2 aliphatic heterocycles. The van der Waals surface area contributed by atoms with E-state index in [2.05, 4.69) is 10.3 Å². The van der Waals surface area contributed by atoms with E-state index in [0.29, 0.717) is 0 Å². The van der Waals surface area contributed by atoms with Gasteiger partial charge in [0, 0.05) is 37.9 Å². The molecule has 1 fully saturated rings. The van der Waals surface area contributed by atoms with Gasteiger partial charge >= 0.3 is 16.4 Å². The van der Waals surface area contributed by atoms with Crippen LogP contribution in [-0.4, -0.2) is 74.3 Å². The highest BCUT2D eigenvalue weighted by Gasteiger charge is 2.44. The van der Waals surface area contributed by atoms with Crippen LogP contribution in [0.3, 0.4) is 0 Å². The lowest BCUT2D eigenvalue weighted by Gasteiger charge is -2.37. The van der Waals surface area contributed by atoms with E-state index in [-0.39, 0.29) is 69.4 Å². The van der Waals surface area contributed by atoms with Gasteiger partial charge < -0.3 is 15.2 Å². The van der Waals surface area contributed by atoms with Gasteiger partial charge in [-0.15, -0.1) is 0 Å². The van der Waals surface area contributed by atoms with Crippen molar-refractivity contribution in [1.29, 1.82) is 0 Å². The number of carbonyl (C=O) groups excluding carboxylic acids is 1. The van der Waals surface area contributed by atoms with Crippen molar-refractivity contribution in [3.63, 3.8) is 0 Å². The molecule has 0 spiro atoms. The van der Waals surface area contributed by atoms with E-state index in [1.54, 1.807) is 13.8 Å². The Balaban J connectivity index is 1.79. The van der Waals surface area contributed by atoms with E-state index < -0.39 is 33.6 Å². The first kappa shape index (κ1) is 24.5. The van der Waals surface area contributed by atoms with Crippen molar-refractivity contribution in [2.24, 2.45) is 11.3 Å². The lowest BCUT2D eigenvalue weighted by Crippen LogP contribution is -2.51. The van der Waals surface area contributed by atoms with Crippen molar-refractivity contribution < 1.29 is 36.2 Å². The first-order valence-corrected chi connectivity index (χ1v) is 11.6. The van der Waals surface area contributed by atoms with Crippen molar-refractivity contribution >= 4 is 21.8 Å². The molecule has 1 saturated heterocycles. The van der Waals surface area contributed by atoms with E-state index in [0.717, 1.165) is 8.61 Å². The van der Waals surface area contributed by atoms with Crippen molar-refractivity contribution in [3.8, 4) is 5.88 Å². The molecule has 32 heavy (non-hydrogen) atoms. The SMILES string of the molecule is CC(C)(CO)CNC(=O)c1cnc2c(c1)N(S(=O)(=O)N1CCC(C(F)(F)F)CC1)CCO2. The van der Waals surface area contributed by atoms with Crippen LogP contribution >= 0.6 is 0 Å². The average molecular weight is 481 g/mol. The van der Waals surface area contributed by atoms with Gasteiger partial charge in [0.05, 0.1) is 18.0 Å². The number of nitrogens with one attached hydrogen (secondary N) is 1. The smallest absolute Gasteiger partial charge is 0.391 e. The number of nitrogens with zero attached hydrogens (tertiary/aromatic N) is 3. The van der Waals surface area contributed by atoms with E-state index >= 15 is 0 Å². The summed E-state index contributed by atoms with van der Waals surface area (Å²) in [5.74, 6) is -2.00. The van der Waals surface area contributed by atoms with Crippen LogP contribution in [-0.2, 0) is 10.2 Å². The third-order valence-electron chi connectivity index (χ3n) is 5.57. The monoisotopic (exact) mass is 480 g/mol. The average Bonchev–Trinajstić information content (AvgIpc) is 2.76. The second-order valence-electron chi connectivity index (χ2n) is 8.70. The number of aliphatic hydroxyl groups is 1. The fraction of sp³-hybridized carbons (Fsp3) is 0.684. The minimum atomic E-state index is -4.35. The van der Waals surface area contributed by atoms with Crippen LogP contribution in [0.2, 0.25) is 0 Å². The Hall–Kier alpha value is -2.12. The van der Waals surface area contributed by atoms with E-state index in [4.69, 9.17) is 4.74 Å². The van der Waals surface area contributed by atoms with Gasteiger partial charge in [0.2, 0.25) is 5.88 Å². The second-order valence-corrected chi connectivity index (χ2v) is 10.5. The van der Waals surface area contributed by atoms with Gasteiger partial charge in [-0.3, -0.25) is 4.79 Å². The molecular weight excluding hydrogens is 453 g/mol. The van der Waals surface area contributed by atoms with Crippen LogP contribution in [0.25, 0.3) is 0 Å². The Morgan fingerprint density at radius 2 is 1.94 bits per heavy atom. The van der Waals surface area contributed by atoms with Gasteiger partial charge in [-0.25, -0.2) is 9.29 Å². The van der Waals surface area contributed by atoms with E-state index in [9.17, 15) is 31.5 Å². The molecule has 0 bridgehead atoms. The Labute approximate surface area is 184 Å². The number of halogens is 3. The van der Waals surface area contributed by atoms with Crippen LogP contribution in [0.5, 0.6) is 5.88 Å². The number of piperidine rings is 1. The Morgan fingerprint density at radius 3 is 2.53 bits per heavy atom. The van der Waals surface area contributed by atoms with Crippen molar-refractivity contribution in [2.75, 3.05) is 43.7 Å². The summed E-state index contributed by atoms with van der Waals surface area (Å²) in [6.07, 6.45) is -3.70. The zero-order valence-electron chi connectivity index (χ0n) is 17.9. The topological polar surface area (TPSA) is 112 Å². The zero-order valence-corrected chi connectivity index (χ0v) is 18.7. The number of amides is 1. The summed E-state index contributed by atoms with van der Waals surface area (Å²) in [4.78, 5) is 16.6. The number of hydrogen-bond donors (Lipinski definition) is 2. The van der Waals surface area contributed by atoms with Gasteiger partial charge in [-0.1, -0.05) is 13.8 Å². The van der Waals surface area contributed by atoms with Gasteiger partial charge in [-0.2, -0.15) is 25.9 Å². The van der Waals surface area contributed by atoms with Gasteiger partial charge in [0.25, 0.3) is 5.91 Å². The molecule has 180 valence electrons. The summed E-state index contributed by atoms with van der Waals surface area (Å²) < 4.78 is 72.7. The number of anilines is 1. The molecule has 0 aromatic carbocycles. The van der Waals surface area contributed by atoms with Crippen LogP contribution < -0.4 is 14.4 Å². The summed E-state index contributed by atoms with van der Waals surface area (Å²) in [5.41, 5.74) is -0.388. The third-order valence-corrected chi connectivity index (χ3v) is 7.53. The highest BCUT2D eigenvalue weighted by Crippen LogP contribution is 2.37. The normalized spacial score (nSPS) is 18.8. The molecular formula is C19H27F3N4O5S. The Morgan fingerprint density at radius 1 is 1.28 bits per heavy atom. The standard InChI is InChI=1S/C19H27F3N4O5S/c1-18(2,12-27)11-24-16(28)13-9-15-17(23-10-13)31-8-7-26(15)32(29,30)25-5-3-14(4-6-25)19(20,21)22/h9-10,14,27H,3-8,11-12H2,1-2H3,(H,24,28). The molecule has 3 heterocycles. The zero-order chi connectivity index (χ0) is 23.7. The number of ether oxygens (including phenoxy) is 1. The largest absolute Gasteiger partial charge is 0.474 e. The molecule has 1 aromatic rings. The van der Waals surface area contributed by atoms with Gasteiger partial charge in [-0.05, 0) is 18.9 Å². The number of carbonyl (C=O) groups is 1. The molecule has 2 aliphatic rings. The van der Waals surface area contributed by atoms with E-state index in [1.807, 2.05) is 0 Å². The molecule has 2 N–H and O–H groups in total. The predicted molar refractivity (Wildman–Crippen MR) is 110 cm³/mol. The van der Waals surface area contributed by atoms with Crippen molar-refractivity contribution in [1.82, 2.24) is 14.6 Å². The minimum Gasteiger partial charge on any atom is -0.474 e. The maximum Gasteiger partial charge on any atom is 0.391 e. The van der Waals surface area contributed by atoms with Crippen LogP contribution in [0.1, 0.15) is 37.0 Å². The Bertz CT molecular complexity index is 947. The predicted octanol–water partition coefficient (Wildman–Crippen LogP) is 1.55. The highest BCUT2D eigenvalue weighted by atomic mass is 32.2. The molecule has 0 aliphatic carbocycles. The molecule has 13 heteroatoms. The molecule has 0 saturated carbocycles. The maximum absolute atomic E-state index is 13.2. The quantitative estimate of drug-likeness (QED) is 0.639. The fourth-order valence-electron chi connectivity index (χ4n) is 3.47. The number of alkyl halides is 3. The lowest BCUT2D eigenvalue weighted by molar-refractivity contribution is -0.182. The summed E-state index contributed by atoms with van der Waals surface area (Å²) in [5, 5.41) is 12.0. The number of rotatable bonds is 6. The van der Waals surface area contributed by atoms with Crippen LogP contribution in [0, 0.1) is 11.3 Å². The number of aliphatic hydroxyl groups excluding tert-OH is 1. The van der Waals surface area contributed by atoms with E-state index in [1.165, 1.54) is 12.3 Å². The molecule has 1 amide bonds. The molecule has 1 aromatic heterocycles. The first-order chi connectivity index (χ1) is 14.8. The molecule has 3 rings (SSSR count). The van der Waals surface area contributed by atoms with Gasteiger partial charge in [0.15, 0.2) is 0 Å². The minimum absolute atomic E-state index is 0.0223. The maximum atomic E-state index is 13.2. The lowest BCUT2D eigenvalue weighted by atomic mass is 9.95. The number of pyridine rings is 1. The highest BCUT2D eigenvalue weighted by molar-refractivity contribution is 7.90.